The summed E-state index contributed by atoms with van der Waals surface area (Å²) in [6, 6.07) is 11.1. The number of rotatable bonds is 6. The first-order valence-corrected chi connectivity index (χ1v) is 9.16. The minimum absolute atomic E-state index is 0.0433. The standard InChI is InChI=1S/C20H25N3O3/c1-3-19(25)17-12-18(20(26)21-15-9-10-16(24)11-15)23(22-17)13(2)14-7-5-4-6-8-14/h4-8,12-13,15-16,24H,3,9-11H2,1-2H3,(H,21,26)/t13-,15-,16-/m0/s1. The van der Waals surface area contributed by atoms with Gasteiger partial charge in [-0.2, -0.15) is 5.10 Å². The van der Waals surface area contributed by atoms with Gasteiger partial charge < -0.3 is 10.4 Å². The number of nitrogens with one attached hydrogen (secondary N) is 1. The van der Waals surface area contributed by atoms with Crippen molar-refractivity contribution in [3.63, 3.8) is 0 Å². The largest absolute Gasteiger partial charge is 0.393 e. The minimum Gasteiger partial charge on any atom is -0.393 e. The third kappa shape index (κ3) is 3.85. The number of Topliss-reactive ketones (excluding diaryl/α,β-unsaturated/α-hetero) is 1. The van der Waals surface area contributed by atoms with E-state index >= 15 is 0 Å². The van der Waals surface area contributed by atoms with Crippen LogP contribution in [0.2, 0.25) is 0 Å². The summed E-state index contributed by atoms with van der Waals surface area (Å²) in [6.07, 6.45) is 2.01. The predicted molar refractivity (Wildman–Crippen MR) is 98.2 cm³/mol. The molecule has 1 heterocycles. The molecule has 1 saturated carbocycles. The summed E-state index contributed by atoms with van der Waals surface area (Å²) in [5.41, 5.74) is 1.70. The zero-order chi connectivity index (χ0) is 18.7. The van der Waals surface area contributed by atoms with Gasteiger partial charge in [-0.15, -0.1) is 0 Å². The van der Waals surface area contributed by atoms with Gasteiger partial charge in [-0.25, -0.2) is 0 Å². The quantitative estimate of drug-likeness (QED) is 0.781. The van der Waals surface area contributed by atoms with Crippen molar-refractivity contribution < 1.29 is 14.7 Å². The molecule has 6 heteroatoms. The molecule has 1 aliphatic rings. The molecule has 6 nitrogen and oxygen atoms in total. The van der Waals surface area contributed by atoms with Gasteiger partial charge in [-0.05, 0) is 31.7 Å². The van der Waals surface area contributed by atoms with E-state index in [9.17, 15) is 14.7 Å². The summed E-state index contributed by atoms with van der Waals surface area (Å²) in [6.45, 7) is 3.74. The van der Waals surface area contributed by atoms with Gasteiger partial charge in [0.05, 0.1) is 12.1 Å². The van der Waals surface area contributed by atoms with Crippen molar-refractivity contribution in [1.82, 2.24) is 15.1 Å². The molecule has 3 rings (SSSR count). The zero-order valence-corrected chi connectivity index (χ0v) is 15.2. The molecule has 138 valence electrons. The highest BCUT2D eigenvalue weighted by Crippen LogP contribution is 2.22. The van der Waals surface area contributed by atoms with Gasteiger partial charge in [0.1, 0.15) is 11.4 Å². The SMILES string of the molecule is CCC(=O)c1cc(C(=O)N[C@H]2CC[C@H](O)C2)n([C@@H](C)c2ccccc2)n1. The molecule has 1 fully saturated rings. The van der Waals surface area contributed by atoms with Crippen molar-refractivity contribution in [2.75, 3.05) is 0 Å². The Kier molecular flexibility index (Phi) is 5.52. The van der Waals surface area contributed by atoms with Crippen molar-refractivity contribution in [3.8, 4) is 0 Å². The molecule has 2 aromatic rings. The highest BCUT2D eigenvalue weighted by atomic mass is 16.3. The second kappa shape index (κ2) is 7.83. The number of carbonyl (C=O) groups is 2. The van der Waals surface area contributed by atoms with Gasteiger partial charge in [0.25, 0.3) is 5.91 Å². The van der Waals surface area contributed by atoms with Gasteiger partial charge in [-0.3, -0.25) is 14.3 Å². The molecule has 0 bridgehead atoms. The van der Waals surface area contributed by atoms with Gasteiger partial charge in [0.2, 0.25) is 0 Å². The maximum atomic E-state index is 12.8. The normalized spacial score (nSPS) is 20.7. The number of nitrogens with zero attached hydrogens (tertiary/aromatic N) is 2. The first-order chi connectivity index (χ1) is 12.5. The molecule has 1 aromatic carbocycles. The molecule has 0 aliphatic heterocycles. The Morgan fingerprint density at radius 2 is 2.04 bits per heavy atom. The Balaban J connectivity index is 1.90. The lowest BCUT2D eigenvalue weighted by Crippen LogP contribution is -2.35. The maximum absolute atomic E-state index is 12.8. The van der Waals surface area contributed by atoms with Crippen LogP contribution in [-0.2, 0) is 0 Å². The Morgan fingerprint density at radius 3 is 2.65 bits per heavy atom. The van der Waals surface area contributed by atoms with Crippen molar-refractivity contribution in [2.45, 2.75) is 57.7 Å². The molecule has 2 N–H and O–H groups in total. The molecule has 1 amide bonds. The molecule has 1 aromatic heterocycles. The number of carbonyl (C=O) groups excluding carboxylic acids is 2. The van der Waals surface area contributed by atoms with E-state index in [1.165, 1.54) is 0 Å². The molecular formula is C20H25N3O3. The predicted octanol–water partition coefficient (Wildman–Crippen LogP) is 2.73. The molecule has 0 saturated heterocycles. The molecule has 26 heavy (non-hydrogen) atoms. The van der Waals surface area contributed by atoms with Crippen LogP contribution in [0.3, 0.4) is 0 Å². The topological polar surface area (TPSA) is 84.2 Å². The third-order valence-electron chi connectivity index (χ3n) is 4.96. The second-order valence-corrected chi connectivity index (χ2v) is 6.86. The number of benzene rings is 1. The highest BCUT2D eigenvalue weighted by Gasteiger charge is 2.27. The average molecular weight is 355 g/mol. The molecular weight excluding hydrogens is 330 g/mol. The van der Waals surface area contributed by atoms with E-state index in [2.05, 4.69) is 10.4 Å². The van der Waals surface area contributed by atoms with Crippen molar-refractivity contribution in [1.29, 1.82) is 0 Å². The first-order valence-electron chi connectivity index (χ1n) is 9.16. The van der Waals surface area contributed by atoms with E-state index in [0.29, 0.717) is 30.7 Å². The molecule has 1 aliphatic carbocycles. The Labute approximate surface area is 153 Å². The van der Waals surface area contributed by atoms with Crippen molar-refractivity contribution in [2.24, 2.45) is 0 Å². The van der Waals surface area contributed by atoms with Crippen molar-refractivity contribution >= 4 is 11.7 Å². The number of ketones is 1. The van der Waals surface area contributed by atoms with Crippen LogP contribution in [0.15, 0.2) is 36.4 Å². The van der Waals surface area contributed by atoms with Crippen molar-refractivity contribution in [3.05, 3.63) is 53.3 Å². The first kappa shape index (κ1) is 18.3. The van der Waals surface area contributed by atoms with Crippen LogP contribution < -0.4 is 5.32 Å². The molecule has 3 atom stereocenters. The van der Waals surface area contributed by atoms with Gasteiger partial charge in [-0.1, -0.05) is 37.3 Å². The Bertz CT molecular complexity index is 785. The van der Waals surface area contributed by atoms with E-state index in [1.807, 2.05) is 37.3 Å². The van der Waals surface area contributed by atoms with Crippen LogP contribution in [0.25, 0.3) is 0 Å². The lowest BCUT2D eigenvalue weighted by atomic mass is 10.1. The van der Waals surface area contributed by atoms with Crippen LogP contribution in [0.1, 0.15) is 72.1 Å². The zero-order valence-electron chi connectivity index (χ0n) is 15.2. The lowest BCUT2D eigenvalue weighted by molar-refractivity contribution is 0.0920. The number of aliphatic hydroxyl groups is 1. The van der Waals surface area contributed by atoms with Crippen LogP contribution in [-0.4, -0.2) is 38.7 Å². The molecule has 0 spiro atoms. The van der Waals surface area contributed by atoms with Gasteiger partial charge in [0.15, 0.2) is 5.78 Å². The molecule has 0 unspecified atom stereocenters. The fraction of sp³-hybridized carbons (Fsp3) is 0.450. The summed E-state index contributed by atoms with van der Waals surface area (Å²) in [5, 5.41) is 17.1. The third-order valence-corrected chi connectivity index (χ3v) is 4.96. The van der Waals surface area contributed by atoms with Crippen LogP contribution in [0.4, 0.5) is 0 Å². The van der Waals surface area contributed by atoms with E-state index in [1.54, 1.807) is 17.7 Å². The number of amides is 1. The van der Waals surface area contributed by atoms with Crippen LogP contribution in [0.5, 0.6) is 0 Å². The summed E-state index contributed by atoms with van der Waals surface area (Å²) in [5.74, 6) is -0.344. The summed E-state index contributed by atoms with van der Waals surface area (Å²) in [4.78, 5) is 24.9. The minimum atomic E-state index is -0.356. The van der Waals surface area contributed by atoms with E-state index in [0.717, 1.165) is 12.0 Å². The average Bonchev–Trinajstić information content (AvgIpc) is 3.27. The monoisotopic (exact) mass is 355 g/mol. The Hall–Kier alpha value is -2.47. The smallest absolute Gasteiger partial charge is 0.269 e. The van der Waals surface area contributed by atoms with Gasteiger partial charge in [0, 0.05) is 18.5 Å². The summed E-state index contributed by atoms with van der Waals surface area (Å²) < 4.78 is 1.62. The summed E-state index contributed by atoms with van der Waals surface area (Å²) in [7, 11) is 0. The lowest BCUT2D eigenvalue weighted by Gasteiger charge is -2.17. The number of hydrogen-bond donors (Lipinski definition) is 2. The second-order valence-electron chi connectivity index (χ2n) is 6.86. The summed E-state index contributed by atoms with van der Waals surface area (Å²) >= 11 is 0. The van der Waals surface area contributed by atoms with E-state index in [4.69, 9.17) is 0 Å². The number of aliphatic hydroxyl groups excluding tert-OH is 1. The fourth-order valence-corrected chi connectivity index (χ4v) is 3.40. The number of aromatic nitrogens is 2. The Morgan fingerprint density at radius 1 is 1.31 bits per heavy atom. The molecule has 0 radical (unpaired) electrons. The fourth-order valence-electron chi connectivity index (χ4n) is 3.40. The number of hydrogen-bond acceptors (Lipinski definition) is 4. The highest BCUT2D eigenvalue weighted by molar-refractivity contribution is 5.98. The van der Waals surface area contributed by atoms with Gasteiger partial charge >= 0.3 is 0 Å². The van der Waals surface area contributed by atoms with E-state index in [-0.39, 0.29) is 29.9 Å². The van der Waals surface area contributed by atoms with E-state index < -0.39 is 0 Å². The maximum Gasteiger partial charge on any atom is 0.269 e. The van der Waals surface area contributed by atoms with Crippen LogP contribution >= 0.6 is 0 Å². The van der Waals surface area contributed by atoms with Crippen LogP contribution in [0, 0.1) is 0 Å².